The third-order valence-electron chi connectivity index (χ3n) is 1.71. The number of carbonyl (C=O) groups is 1. The van der Waals surface area contributed by atoms with Gasteiger partial charge in [-0.05, 0) is 12.1 Å². The van der Waals surface area contributed by atoms with E-state index in [1.54, 1.807) is 0 Å². The molecule has 1 aromatic rings. The van der Waals surface area contributed by atoms with Gasteiger partial charge in [0.25, 0.3) is 0 Å². The second kappa shape index (κ2) is 5.12. The SMILES string of the molecule is COC(=O)C#Cc1cc(F)c(F)c(OC)c1. The van der Waals surface area contributed by atoms with Gasteiger partial charge in [0.1, 0.15) is 0 Å². The van der Waals surface area contributed by atoms with Gasteiger partial charge in [-0.25, -0.2) is 9.18 Å². The molecule has 0 saturated carbocycles. The summed E-state index contributed by atoms with van der Waals surface area (Å²) >= 11 is 0. The molecular weight excluding hydrogens is 218 g/mol. The molecule has 1 aromatic carbocycles. The molecule has 0 bridgehead atoms. The summed E-state index contributed by atoms with van der Waals surface area (Å²) in [4.78, 5) is 10.7. The van der Waals surface area contributed by atoms with Gasteiger partial charge in [0.05, 0.1) is 14.2 Å². The first-order valence-corrected chi connectivity index (χ1v) is 4.21. The number of methoxy groups -OCH3 is 2. The van der Waals surface area contributed by atoms with E-state index in [1.165, 1.54) is 20.3 Å². The minimum Gasteiger partial charge on any atom is -0.494 e. The fourth-order valence-electron chi connectivity index (χ4n) is 0.959. The number of halogens is 2. The number of carbonyl (C=O) groups excluding carboxylic acids is 1. The number of esters is 1. The van der Waals surface area contributed by atoms with Crippen molar-refractivity contribution in [1.29, 1.82) is 0 Å². The van der Waals surface area contributed by atoms with Crippen LogP contribution in [0.1, 0.15) is 5.56 Å². The van der Waals surface area contributed by atoms with Gasteiger partial charge < -0.3 is 9.47 Å². The molecule has 84 valence electrons. The molecular formula is C11H8F2O3. The Kier molecular flexibility index (Phi) is 3.84. The second-order valence-electron chi connectivity index (χ2n) is 2.72. The first-order valence-electron chi connectivity index (χ1n) is 4.21. The minimum atomic E-state index is -1.09. The summed E-state index contributed by atoms with van der Waals surface area (Å²) in [6, 6.07) is 2.06. The van der Waals surface area contributed by atoms with Crippen LogP contribution in [0, 0.1) is 23.5 Å². The molecule has 16 heavy (non-hydrogen) atoms. The molecule has 0 aromatic heterocycles. The summed E-state index contributed by atoms with van der Waals surface area (Å²) < 4.78 is 34.9. The molecule has 3 nitrogen and oxygen atoms in total. The summed E-state index contributed by atoms with van der Waals surface area (Å²) in [5, 5.41) is 0. The fourth-order valence-corrected chi connectivity index (χ4v) is 0.959. The van der Waals surface area contributed by atoms with Crippen LogP contribution in [0.5, 0.6) is 5.75 Å². The summed E-state index contributed by atoms with van der Waals surface area (Å²) in [6.45, 7) is 0. The Morgan fingerprint density at radius 2 is 2.00 bits per heavy atom. The summed E-state index contributed by atoms with van der Waals surface area (Å²) in [7, 11) is 2.37. The van der Waals surface area contributed by atoms with Crippen molar-refractivity contribution < 1.29 is 23.0 Å². The summed E-state index contributed by atoms with van der Waals surface area (Å²) in [6.07, 6.45) is 0. The van der Waals surface area contributed by atoms with Crippen molar-refractivity contribution in [3.8, 4) is 17.6 Å². The van der Waals surface area contributed by atoms with Gasteiger partial charge in [-0.2, -0.15) is 4.39 Å². The monoisotopic (exact) mass is 226 g/mol. The van der Waals surface area contributed by atoms with Crippen LogP contribution >= 0.6 is 0 Å². The zero-order chi connectivity index (χ0) is 12.1. The van der Waals surface area contributed by atoms with E-state index in [0.29, 0.717) is 0 Å². The highest BCUT2D eigenvalue weighted by molar-refractivity contribution is 5.89. The Balaban J connectivity index is 3.10. The van der Waals surface area contributed by atoms with Crippen LogP contribution in [0.25, 0.3) is 0 Å². The Morgan fingerprint density at radius 3 is 2.56 bits per heavy atom. The molecule has 0 aliphatic rings. The highest BCUT2D eigenvalue weighted by Gasteiger charge is 2.10. The van der Waals surface area contributed by atoms with E-state index in [2.05, 4.69) is 21.3 Å². The van der Waals surface area contributed by atoms with E-state index >= 15 is 0 Å². The normalized spacial score (nSPS) is 9.00. The van der Waals surface area contributed by atoms with Crippen LogP contribution < -0.4 is 4.74 Å². The van der Waals surface area contributed by atoms with Crippen LogP contribution in [0.2, 0.25) is 0 Å². The highest BCUT2D eigenvalue weighted by Crippen LogP contribution is 2.21. The Hall–Kier alpha value is -2.09. The van der Waals surface area contributed by atoms with Crippen molar-refractivity contribution in [2.75, 3.05) is 14.2 Å². The molecule has 0 heterocycles. The average Bonchev–Trinajstić information content (AvgIpc) is 2.29. The van der Waals surface area contributed by atoms with Crippen molar-refractivity contribution in [3.63, 3.8) is 0 Å². The van der Waals surface area contributed by atoms with E-state index < -0.39 is 17.6 Å². The minimum absolute atomic E-state index is 0.126. The number of rotatable bonds is 1. The lowest BCUT2D eigenvalue weighted by Gasteiger charge is -2.02. The van der Waals surface area contributed by atoms with E-state index in [9.17, 15) is 13.6 Å². The predicted molar refractivity (Wildman–Crippen MR) is 51.8 cm³/mol. The van der Waals surface area contributed by atoms with Crippen LogP contribution in [0.15, 0.2) is 12.1 Å². The first-order chi connectivity index (χ1) is 7.58. The van der Waals surface area contributed by atoms with Gasteiger partial charge in [0, 0.05) is 11.5 Å². The topological polar surface area (TPSA) is 35.5 Å². The van der Waals surface area contributed by atoms with Gasteiger partial charge in [-0.15, -0.1) is 0 Å². The maximum Gasteiger partial charge on any atom is 0.384 e. The lowest BCUT2D eigenvalue weighted by atomic mass is 10.2. The van der Waals surface area contributed by atoms with E-state index in [1.807, 2.05) is 0 Å². The zero-order valence-electron chi connectivity index (χ0n) is 8.64. The lowest BCUT2D eigenvalue weighted by molar-refractivity contribution is -0.133. The molecule has 0 radical (unpaired) electrons. The quantitative estimate of drug-likeness (QED) is 0.537. The van der Waals surface area contributed by atoms with Crippen molar-refractivity contribution in [3.05, 3.63) is 29.3 Å². The van der Waals surface area contributed by atoms with Crippen LogP contribution in [-0.2, 0) is 9.53 Å². The number of benzene rings is 1. The number of hydrogen-bond acceptors (Lipinski definition) is 3. The molecule has 0 atom stereocenters. The molecule has 0 amide bonds. The van der Waals surface area contributed by atoms with Crippen molar-refractivity contribution in [2.45, 2.75) is 0 Å². The molecule has 0 aliphatic heterocycles. The van der Waals surface area contributed by atoms with Crippen LogP contribution in [-0.4, -0.2) is 20.2 Å². The van der Waals surface area contributed by atoms with Gasteiger partial charge in [-0.1, -0.05) is 5.92 Å². The van der Waals surface area contributed by atoms with Gasteiger partial charge in [0.2, 0.25) is 5.82 Å². The molecule has 0 aliphatic carbocycles. The maximum atomic E-state index is 13.0. The largest absolute Gasteiger partial charge is 0.494 e. The van der Waals surface area contributed by atoms with Crippen molar-refractivity contribution in [2.24, 2.45) is 0 Å². The van der Waals surface area contributed by atoms with Gasteiger partial charge in [-0.3, -0.25) is 0 Å². The van der Waals surface area contributed by atoms with Crippen molar-refractivity contribution >= 4 is 5.97 Å². The first kappa shape index (κ1) is 12.0. The fraction of sp³-hybridized carbons (Fsp3) is 0.182. The van der Waals surface area contributed by atoms with Gasteiger partial charge >= 0.3 is 5.97 Å². The van der Waals surface area contributed by atoms with Crippen LogP contribution in [0.4, 0.5) is 8.78 Å². The molecule has 0 saturated heterocycles. The summed E-state index contributed by atoms with van der Waals surface area (Å²) in [5.41, 5.74) is 0.126. The van der Waals surface area contributed by atoms with Crippen molar-refractivity contribution in [1.82, 2.24) is 0 Å². The third-order valence-corrected chi connectivity index (χ3v) is 1.71. The smallest absolute Gasteiger partial charge is 0.384 e. The van der Waals surface area contributed by atoms with Crippen LogP contribution in [0.3, 0.4) is 0 Å². The second-order valence-corrected chi connectivity index (χ2v) is 2.72. The number of hydrogen-bond donors (Lipinski definition) is 0. The Labute approximate surface area is 91.0 Å². The molecule has 0 unspecified atom stereocenters. The van der Waals surface area contributed by atoms with Gasteiger partial charge in [0.15, 0.2) is 11.6 Å². The third kappa shape index (κ3) is 2.70. The Morgan fingerprint density at radius 1 is 1.31 bits per heavy atom. The van der Waals surface area contributed by atoms with E-state index in [-0.39, 0.29) is 11.3 Å². The average molecular weight is 226 g/mol. The summed E-state index contributed by atoms with van der Waals surface area (Å²) in [5.74, 6) is 1.21. The maximum absolute atomic E-state index is 13.0. The molecule has 5 heteroatoms. The highest BCUT2D eigenvalue weighted by atomic mass is 19.2. The lowest BCUT2D eigenvalue weighted by Crippen LogP contribution is -1.96. The molecule has 1 rings (SSSR count). The molecule has 0 N–H and O–H groups in total. The van der Waals surface area contributed by atoms with E-state index in [4.69, 9.17) is 0 Å². The molecule has 0 spiro atoms. The number of ether oxygens (including phenoxy) is 2. The Bertz CT molecular complexity index is 472. The zero-order valence-corrected chi connectivity index (χ0v) is 8.64. The predicted octanol–water partition coefficient (Wildman–Crippen LogP) is 1.50. The van der Waals surface area contributed by atoms with E-state index in [0.717, 1.165) is 6.07 Å². The molecule has 0 fully saturated rings. The standard InChI is InChI=1S/C11H8F2O3/c1-15-9-6-7(3-4-10(14)16-2)5-8(12)11(9)13/h5-6H,1-2H3.